The van der Waals surface area contributed by atoms with Gasteiger partial charge in [-0.05, 0) is 83.5 Å². The lowest BCUT2D eigenvalue weighted by atomic mass is 10.1. The van der Waals surface area contributed by atoms with E-state index in [4.69, 9.17) is 14.2 Å². The number of esters is 3. The molecule has 0 radical (unpaired) electrons. The fourth-order valence-electron chi connectivity index (χ4n) is 6.52. The molecule has 0 aliphatic carbocycles. The number of hydrogen-bond acceptors (Lipinski definition) is 6. The second-order valence-electron chi connectivity index (χ2n) is 16.1. The van der Waals surface area contributed by atoms with Crippen molar-refractivity contribution in [2.24, 2.45) is 0 Å². The Kier molecular flexibility index (Phi) is 45.5. The van der Waals surface area contributed by atoms with Gasteiger partial charge in [-0.1, -0.05) is 202 Å². The third kappa shape index (κ3) is 45.7. The number of ether oxygens (including phenoxy) is 3. The van der Waals surface area contributed by atoms with Gasteiger partial charge in [-0.3, -0.25) is 14.4 Å². The monoisotopic (exact) mass is 835 g/mol. The van der Waals surface area contributed by atoms with Gasteiger partial charge in [0.15, 0.2) is 6.10 Å². The van der Waals surface area contributed by atoms with Crippen molar-refractivity contribution in [1.82, 2.24) is 0 Å². The summed E-state index contributed by atoms with van der Waals surface area (Å²) >= 11 is 0. The first-order valence-electron chi connectivity index (χ1n) is 24.7. The van der Waals surface area contributed by atoms with E-state index in [0.29, 0.717) is 19.3 Å². The minimum absolute atomic E-state index is 0.108. The molecule has 60 heavy (non-hydrogen) atoms. The molecule has 0 heterocycles. The summed E-state index contributed by atoms with van der Waals surface area (Å²) in [5.74, 6) is -1.01. The summed E-state index contributed by atoms with van der Waals surface area (Å²) in [6, 6.07) is 0. The van der Waals surface area contributed by atoms with Crippen LogP contribution in [0.25, 0.3) is 0 Å². The number of carbonyl (C=O) groups is 3. The van der Waals surface area contributed by atoms with E-state index < -0.39 is 6.10 Å². The molecule has 0 aromatic rings. The standard InChI is InChI=1S/C54H90O6/c1-4-7-10-13-16-19-22-25-27-30-32-35-38-41-44-47-53(56)59-50-51(49-58-52(55)46-43-40-37-34-31-28-24-21-18-15-12-9-6-3)60-54(57)48-45-42-39-36-33-29-26-23-20-17-14-11-8-5-2/h9,12,15,18-19,21-22,24,28-29,31,33-34,37,51H,4-8,10-11,13-14,16-17,20,23,25-27,30,32,35-36,38-50H2,1-3H3/b12-9+,18-15+,22-19+,24-21+,31-28+,33-29+,37-34+. The van der Waals surface area contributed by atoms with Gasteiger partial charge in [0.25, 0.3) is 0 Å². The first-order chi connectivity index (χ1) is 29.5. The summed E-state index contributed by atoms with van der Waals surface area (Å²) in [6.45, 7) is 6.38. The largest absolute Gasteiger partial charge is 0.462 e. The topological polar surface area (TPSA) is 78.9 Å². The lowest BCUT2D eigenvalue weighted by Gasteiger charge is -2.18. The third-order valence-corrected chi connectivity index (χ3v) is 10.2. The van der Waals surface area contributed by atoms with E-state index in [1.165, 1.54) is 109 Å². The molecule has 0 rings (SSSR count). The number of unbranched alkanes of at least 4 members (excludes halogenated alkanes) is 22. The molecular weight excluding hydrogens is 745 g/mol. The van der Waals surface area contributed by atoms with Crippen LogP contribution in [0.1, 0.15) is 220 Å². The van der Waals surface area contributed by atoms with Crippen LogP contribution < -0.4 is 0 Å². The van der Waals surface area contributed by atoms with Crippen LogP contribution in [0, 0.1) is 0 Å². The van der Waals surface area contributed by atoms with E-state index in [9.17, 15) is 14.4 Å². The normalized spacial score (nSPS) is 12.8. The van der Waals surface area contributed by atoms with Gasteiger partial charge in [-0.2, -0.15) is 0 Å². The SMILES string of the molecule is CC/C=C/C=C/C=C/C=C/C=C/CCCC(=O)OCC(COC(=O)CCCCCCCCC/C=C/CCCCCC)OC(=O)CCCCC/C=C/CCCCCCCCC. The summed E-state index contributed by atoms with van der Waals surface area (Å²) in [5, 5.41) is 0. The highest BCUT2D eigenvalue weighted by Crippen LogP contribution is 2.13. The average molecular weight is 835 g/mol. The van der Waals surface area contributed by atoms with Crippen LogP contribution >= 0.6 is 0 Å². The predicted octanol–water partition coefficient (Wildman–Crippen LogP) is 16.0. The molecule has 0 aromatic heterocycles. The molecule has 0 bridgehead atoms. The lowest BCUT2D eigenvalue weighted by Crippen LogP contribution is -2.30. The molecule has 0 N–H and O–H groups in total. The Bertz CT molecular complexity index is 1190. The van der Waals surface area contributed by atoms with Crippen LogP contribution in [0.5, 0.6) is 0 Å². The van der Waals surface area contributed by atoms with Crippen molar-refractivity contribution in [3.05, 3.63) is 85.1 Å². The summed E-state index contributed by atoms with van der Waals surface area (Å²) in [7, 11) is 0. The van der Waals surface area contributed by atoms with E-state index in [1.807, 2.05) is 54.7 Å². The Hall–Kier alpha value is -3.41. The van der Waals surface area contributed by atoms with Gasteiger partial charge in [-0.15, -0.1) is 0 Å². The van der Waals surface area contributed by atoms with Gasteiger partial charge in [-0.25, -0.2) is 0 Å². The molecule has 0 saturated heterocycles. The molecule has 0 aliphatic heterocycles. The van der Waals surface area contributed by atoms with Crippen LogP contribution in [-0.4, -0.2) is 37.2 Å². The first kappa shape index (κ1) is 56.6. The van der Waals surface area contributed by atoms with Crippen molar-refractivity contribution in [3.63, 3.8) is 0 Å². The van der Waals surface area contributed by atoms with Crippen molar-refractivity contribution < 1.29 is 28.6 Å². The van der Waals surface area contributed by atoms with Gasteiger partial charge in [0, 0.05) is 19.3 Å². The molecule has 0 amide bonds. The Morgan fingerprint density at radius 3 is 1.15 bits per heavy atom. The Morgan fingerprint density at radius 2 is 0.683 bits per heavy atom. The maximum absolute atomic E-state index is 12.8. The molecule has 0 aromatic carbocycles. The second kappa shape index (κ2) is 48.3. The van der Waals surface area contributed by atoms with Crippen LogP contribution in [0.4, 0.5) is 0 Å². The zero-order valence-electron chi connectivity index (χ0n) is 38.9. The second-order valence-corrected chi connectivity index (χ2v) is 16.1. The van der Waals surface area contributed by atoms with Crippen molar-refractivity contribution >= 4 is 17.9 Å². The fraction of sp³-hybridized carbons (Fsp3) is 0.685. The maximum atomic E-state index is 12.8. The summed E-state index contributed by atoms with van der Waals surface area (Å²) in [4.78, 5) is 37.8. The molecule has 342 valence electrons. The number of rotatable bonds is 43. The van der Waals surface area contributed by atoms with Crippen molar-refractivity contribution in [1.29, 1.82) is 0 Å². The summed E-state index contributed by atoms with van der Waals surface area (Å²) < 4.78 is 16.7. The molecule has 1 unspecified atom stereocenters. The van der Waals surface area contributed by atoms with E-state index >= 15 is 0 Å². The van der Waals surface area contributed by atoms with E-state index in [2.05, 4.69) is 51.2 Å². The number of carbonyl (C=O) groups excluding carboxylic acids is 3. The molecule has 0 saturated carbocycles. The number of hydrogen-bond donors (Lipinski definition) is 0. The molecule has 0 aliphatic rings. The maximum Gasteiger partial charge on any atom is 0.306 e. The highest BCUT2D eigenvalue weighted by atomic mass is 16.6. The fourth-order valence-corrected chi connectivity index (χ4v) is 6.52. The Balaban J connectivity index is 4.51. The van der Waals surface area contributed by atoms with E-state index in [1.54, 1.807) is 0 Å². The third-order valence-electron chi connectivity index (χ3n) is 10.2. The smallest absolute Gasteiger partial charge is 0.306 e. The molecule has 0 spiro atoms. The first-order valence-corrected chi connectivity index (χ1v) is 24.7. The molecule has 1 atom stereocenters. The highest BCUT2D eigenvalue weighted by Gasteiger charge is 2.19. The minimum Gasteiger partial charge on any atom is -0.462 e. The van der Waals surface area contributed by atoms with Gasteiger partial charge in [0.1, 0.15) is 13.2 Å². The molecule has 0 fully saturated rings. The van der Waals surface area contributed by atoms with E-state index in [-0.39, 0.29) is 37.5 Å². The summed E-state index contributed by atoms with van der Waals surface area (Å²) in [5.41, 5.74) is 0. The lowest BCUT2D eigenvalue weighted by molar-refractivity contribution is -0.167. The molecule has 6 heteroatoms. The zero-order valence-corrected chi connectivity index (χ0v) is 38.9. The van der Waals surface area contributed by atoms with Gasteiger partial charge in [0.05, 0.1) is 0 Å². The molecular formula is C54H90O6. The van der Waals surface area contributed by atoms with Gasteiger partial charge >= 0.3 is 17.9 Å². The van der Waals surface area contributed by atoms with Crippen LogP contribution in [0.2, 0.25) is 0 Å². The summed E-state index contributed by atoms with van der Waals surface area (Å²) in [6.07, 6.45) is 61.4. The molecule has 6 nitrogen and oxygen atoms in total. The Morgan fingerprint density at radius 1 is 0.350 bits per heavy atom. The van der Waals surface area contributed by atoms with E-state index in [0.717, 1.165) is 64.2 Å². The van der Waals surface area contributed by atoms with Crippen molar-refractivity contribution in [2.75, 3.05) is 13.2 Å². The average Bonchev–Trinajstić information content (AvgIpc) is 3.24. The van der Waals surface area contributed by atoms with Crippen LogP contribution in [0.3, 0.4) is 0 Å². The van der Waals surface area contributed by atoms with Crippen molar-refractivity contribution in [3.8, 4) is 0 Å². The quantitative estimate of drug-likeness (QED) is 0.0200. The zero-order chi connectivity index (χ0) is 43.7. The van der Waals surface area contributed by atoms with Crippen LogP contribution in [0.15, 0.2) is 85.1 Å². The van der Waals surface area contributed by atoms with Crippen LogP contribution in [-0.2, 0) is 28.6 Å². The number of allylic oxidation sites excluding steroid dienone is 14. The minimum atomic E-state index is -0.813. The van der Waals surface area contributed by atoms with Gasteiger partial charge in [0.2, 0.25) is 0 Å². The predicted molar refractivity (Wildman–Crippen MR) is 256 cm³/mol. The highest BCUT2D eigenvalue weighted by molar-refractivity contribution is 5.71. The Labute approximate surface area is 369 Å². The van der Waals surface area contributed by atoms with Gasteiger partial charge < -0.3 is 14.2 Å². The van der Waals surface area contributed by atoms with Crippen molar-refractivity contribution in [2.45, 2.75) is 226 Å².